The van der Waals surface area contributed by atoms with Gasteiger partial charge in [-0.05, 0) is 159 Å². The number of fused-ring (bicyclic) bond motifs is 6. The molecule has 6 heteroatoms. The maximum absolute atomic E-state index is 4.63. The molecule has 74 heavy (non-hydrogen) atoms. The van der Waals surface area contributed by atoms with Gasteiger partial charge in [-0.1, -0.05) is 121 Å². The van der Waals surface area contributed by atoms with E-state index in [1.165, 1.54) is 55.2 Å². The van der Waals surface area contributed by atoms with Gasteiger partial charge in [0.15, 0.2) is 0 Å². The summed E-state index contributed by atoms with van der Waals surface area (Å²) in [5, 5.41) is 3.66. The number of benzene rings is 7. The van der Waals surface area contributed by atoms with Crippen molar-refractivity contribution in [2.75, 3.05) is 0 Å². The Labute approximate surface area is 428 Å². The number of hydrogen-bond acceptors (Lipinski definition) is 4. The Bertz CT molecular complexity index is 4280. The van der Waals surface area contributed by atoms with Crippen LogP contribution in [0.25, 0.3) is 117 Å². The van der Waals surface area contributed by atoms with Crippen molar-refractivity contribution in [3.8, 4) is 78.3 Å². The van der Waals surface area contributed by atoms with Crippen LogP contribution in [0.5, 0.6) is 0 Å². The molecule has 0 saturated carbocycles. The Kier molecular flexibility index (Phi) is 10.5. The molecule has 14 rings (SSSR count). The first-order chi connectivity index (χ1) is 36.7. The van der Waals surface area contributed by atoms with Crippen LogP contribution < -0.4 is 0 Å². The number of allylic oxidation sites excluding steroid dienone is 1. The lowest BCUT2D eigenvalue weighted by atomic mass is 9.85. The molecular formula is C68H46N6. The molecular weight excluding hydrogens is 901 g/mol. The molecule has 6 aromatic heterocycles. The third-order valence-electron chi connectivity index (χ3n) is 14.8. The minimum absolute atomic E-state index is 0.206. The summed E-state index contributed by atoms with van der Waals surface area (Å²) >= 11 is 0. The Morgan fingerprint density at radius 3 is 1.64 bits per heavy atom. The van der Waals surface area contributed by atoms with Crippen molar-refractivity contribution in [2.24, 2.45) is 0 Å². The van der Waals surface area contributed by atoms with Gasteiger partial charge >= 0.3 is 0 Å². The second kappa shape index (κ2) is 18.1. The van der Waals surface area contributed by atoms with E-state index in [-0.39, 0.29) is 5.92 Å². The standard InChI is InChI=1S/C68H46N6/c1-2-23-65-60(21-1)61-40-53(56-35-57(44-71-43-56)64-22-3-4-32-72-64)26-29-66(61)73(65)58-19-7-15-49(36-58)50-16-8-20-59(37-50)74-67-27-24-51(45-11-5-13-47(33-45)54-17-9-30-69-41-54)38-62(67)63-39-52(25-28-68(63)74)46-12-6-14-48(34-46)55-18-10-31-70-42-55/h1-38,40-44,52H,39H2. The maximum Gasteiger partial charge on any atom is 0.0717 e. The highest BCUT2D eigenvalue weighted by Gasteiger charge is 2.25. The SMILES string of the molecule is C1=CC(c2cccc(-c3cccnc3)c2)Cc2c1n(-c1cccc(-c3cccc(-n4c5ccccc5c5cc(-c6cncc(-c7ccccn7)c6)ccc54)c3)c1)c1ccc(-c3cccc(-c4cccnc4)c3)cc21. The molecule has 6 nitrogen and oxygen atoms in total. The molecule has 0 fully saturated rings. The van der Waals surface area contributed by atoms with Crippen LogP contribution in [-0.4, -0.2) is 29.1 Å². The fraction of sp³-hybridized carbons (Fsp3) is 0.0294. The number of nitrogens with zero attached hydrogens (tertiary/aromatic N) is 6. The topological polar surface area (TPSA) is 61.4 Å². The molecule has 13 aromatic rings. The van der Waals surface area contributed by atoms with Crippen LogP contribution in [0.4, 0.5) is 0 Å². The van der Waals surface area contributed by atoms with Gasteiger partial charge in [-0.15, -0.1) is 0 Å². The molecule has 1 unspecified atom stereocenters. The van der Waals surface area contributed by atoms with Crippen LogP contribution in [0.3, 0.4) is 0 Å². The monoisotopic (exact) mass is 946 g/mol. The van der Waals surface area contributed by atoms with E-state index in [0.717, 1.165) is 79.0 Å². The fourth-order valence-corrected chi connectivity index (χ4v) is 11.2. The number of para-hydroxylation sites is 1. The fourth-order valence-electron chi connectivity index (χ4n) is 11.2. The first-order valence-electron chi connectivity index (χ1n) is 25.1. The van der Waals surface area contributed by atoms with Crippen molar-refractivity contribution in [3.63, 3.8) is 0 Å². The lowest BCUT2D eigenvalue weighted by molar-refractivity contribution is 0.825. The second-order valence-corrected chi connectivity index (χ2v) is 19.2. The van der Waals surface area contributed by atoms with Gasteiger partial charge in [0.05, 0.1) is 22.2 Å². The van der Waals surface area contributed by atoms with E-state index < -0.39 is 0 Å². The molecule has 348 valence electrons. The van der Waals surface area contributed by atoms with Crippen molar-refractivity contribution < 1.29 is 0 Å². The van der Waals surface area contributed by atoms with Gasteiger partial charge in [-0.2, -0.15) is 0 Å². The summed E-state index contributed by atoms with van der Waals surface area (Å²) in [6.45, 7) is 0. The smallest absolute Gasteiger partial charge is 0.0717 e. The summed E-state index contributed by atoms with van der Waals surface area (Å²) in [5.74, 6) is 0.206. The van der Waals surface area contributed by atoms with E-state index in [9.17, 15) is 0 Å². The van der Waals surface area contributed by atoms with Gasteiger partial charge in [0.2, 0.25) is 0 Å². The predicted octanol–water partition coefficient (Wildman–Crippen LogP) is 16.7. The van der Waals surface area contributed by atoms with Crippen LogP contribution >= 0.6 is 0 Å². The van der Waals surface area contributed by atoms with E-state index >= 15 is 0 Å². The average molecular weight is 947 g/mol. The molecule has 6 heterocycles. The molecule has 7 aromatic carbocycles. The zero-order valence-corrected chi connectivity index (χ0v) is 40.3. The van der Waals surface area contributed by atoms with Crippen molar-refractivity contribution in [1.82, 2.24) is 29.1 Å². The second-order valence-electron chi connectivity index (χ2n) is 19.2. The number of hydrogen-bond donors (Lipinski definition) is 0. The Hall–Kier alpha value is -9.78. The molecule has 1 aliphatic rings. The molecule has 0 aliphatic heterocycles. The van der Waals surface area contributed by atoms with Gasteiger partial charge in [0.25, 0.3) is 0 Å². The van der Waals surface area contributed by atoms with E-state index in [1.54, 1.807) is 0 Å². The maximum atomic E-state index is 4.63. The molecule has 0 N–H and O–H groups in total. The van der Waals surface area contributed by atoms with Gasteiger partial charge in [0, 0.05) is 99.2 Å². The molecule has 0 saturated heterocycles. The average Bonchev–Trinajstić information content (AvgIpc) is 4.00. The Morgan fingerprint density at radius 1 is 0.351 bits per heavy atom. The van der Waals surface area contributed by atoms with Gasteiger partial charge in [-0.25, -0.2) is 0 Å². The Balaban J connectivity index is 0.858. The van der Waals surface area contributed by atoms with Crippen molar-refractivity contribution in [3.05, 3.63) is 273 Å². The summed E-state index contributed by atoms with van der Waals surface area (Å²) in [6.07, 6.45) is 18.8. The summed E-state index contributed by atoms with van der Waals surface area (Å²) < 4.78 is 4.87. The van der Waals surface area contributed by atoms with E-state index in [1.807, 2.05) is 73.7 Å². The third-order valence-corrected chi connectivity index (χ3v) is 14.8. The molecule has 1 aliphatic carbocycles. The van der Waals surface area contributed by atoms with Crippen LogP contribution in [0, 0.1) is 0 Å². The van der Waals surface area contributed by atoms with Crippen molar-refractivity contribution in [1.29, 1.82) is 0 Å². The highest BCUT2D eigenvalue weighted by atomic mass is 15.0. The normalized spacial score (nSPS) is 13.2. The van der Waals surface area contributed by atoms with Gasteiger partial charge in [0.1, 0.15) is 0 Å². The van der Waals surface area contributed by atoms with E-state index in [4.69, 9.17) is 0 Å². The number of rotatable bonds is 9. The zero-order chi connectivity index (χ0) is 49.0. The highest BCUT2D eigenvalue weighted by molar-refractivity contribution is 6.10. The number of pyridine rings is 4. The van der Waals surface area contributed by atoms with Crippen molar-refractivity contribution in [2.45, 2.75) is 12.3 Å². The molecule has 1 atom stereocenters. The first kappa shape index (κ1) is 43.0. The van der Waals surface area contributed by atoms with Crippen molar-refractivity contribution >= 4 is 38.8 Å². The lowest BCUT2D eigenvalue weighted by Crippen LogP contribution is -2.07. The van der Waals surface area contributed by atoms with Crippen LogP contribution in [-0.2, 0) is 6.42 Å². The van der Waals surface area contributed by atoms with Crippen LogP contribution in [0.15, 0.2) is 256 Å². The number of aromatic nitrogens is 6. The van der Waals surface area contributed by atoms with E-state index in [2.05, 4.69) is 217 Å². The minimum atomic E-state index is 0.206. The predicted molar refractivity (Wildman–Crippen MR) is 303 cm³/mol. The van der Waals surface area contributed by atoms with Gasteiger partial charge in [-0.3, -0.25) is 19.9 Å². The molecule has 0 amide bonds. The third kappa shape index (κ3) is 7.68. The quantitative estimate of drug-likeness (QED) is 0.145. The summed E-state index contributed by atoms with van der Waals surface area (Å²) in [6, 6.07) is 74.7. The zero-order valence-electron chi connectivity index (χ0n) is 40.3. The molecule has 0 spiro atoms. The lowest BCUT2D eigenvalue weighted by Gasteiger charge is -2.20. The van der Waals surface area contributed by atoms with Gasteiger partial charge < -0.3 is 9.13 Å². The minimum Gasteiger partial charge on any atom is -0.310 e. The summed E-state index contributed by atoms with van der Waals surface area (Å²) in [4.78, 5) is 18.0. The van der Waals surface area contributed by atoms with E-state index in [0.29, 0.717) is 0 Å². The summed E-state index contributed by atoms with van der Waals surface area (Å²) in [5.41, 5.74) is 22.9. The first-order valence-corrected chi connectivity index (χ1v) is 25.1. The van der Waals surface area contributed by atoms with Crippen LogP contribution in [0.2, 0.25) is 0 Å². The highest BCUT2D eigenvalue weighted by Crippen LogP contribution is 2.42. The summed E-state index contributed by atoms with van der Waals surface area (Å²) in [7, 11) is 0. The largest absolute Gasteiger partial charge is 0.310 e. The molecule has 0 bridgehead atoms. The van der Waals surface area contributed by atoms with Crippen LogP contribution in [0.1, 0.15) is 22.7 Å². The Morgan fingerprint density at radius 2 is 0.905 bits per heavy atom. The molecule has 0 radical (unpaired) electrons.